The van der Waals surface area contributed by atoms with Crippen molar-refractivity contribution in [2.45, 2.75) is 19.8 Å². The largest absolute Gasteiger partial charge is 0.290 e. The second kappa shape index (κ2) is 5.34. The topological polar surface area (TPSA) is 42.9 Å². The fraction of sp³-hybridized carbons (Fsp3) is 0.214. The molecule has 1 heterocycles. The number of rotatable bonds is 4. The van der Waals surface area contributed by atoms with Gasteiger partial charge in [0, 0.05) is 18.8 Å². The van der Waals surface area contributed by atoms with Crippen LogP contribution in [0.15, 0.2) is 42.7 Å². The van der Waals surface area contributed by atoms with E-state index >= 15 is 0 Å². The van der Waals surface area contributed by atoms with Crippen LogP contribution in [0, 0.1) is 0 Å². The lowest BCUT2D eigenvalue weighted by Crippen LogP contribution is -2.07. The molecule has 1 aromatic heterocycles. The molecule has 0 unspecified atom stereocenters. The Morgan fingerprint density at radius 2 is 1.65 bits per heavy atom. The predicted molar refractivity (Wildman–Crippen MR) is 65.9 cm³/mol. The van der Waals surface area contributed by atoms with Gasteiger partial charge in [-0.2, -0.15) is 0 Å². The van der Waals surface area contributed by atoms with Gasteiger partial charge >= 0.3 is 0 Å². The minimum atomic E-state index is -0.0464. The molecule has 0 radical (unpaired) electrons. The van der Waals surface area contributed by atoms with Crippen LogP contribution in [0.2, 0.25) is 0 Å². The second-order valence-electron chi connectivity index (χ2n) is 3.84. The first kappa shape index (κ1) is 11.5. The Balaban J connectivity index is 2.08. The Hall–Kier alpha value is -2.03. The van der Waals surface area contributed by atoms with Gasteiger partial charge in [0.25, 0.3) is 0 Å². The van der Waals surface area contributed by atoms with Gasteiger partial charge in [0.05, 0.1) is 0 Å². The molecule has 3 heteroatoms. The first-order chi connectivity index (χ1) is 8.29. The summed E-state index contributed by atoms with van der Waals surface area (Å²) in [5.41, 5.74) is 2.27. The van der Waals surface area contributed by atoms with Crippen molar-refractivity contribution in [3.63, 3.8) is 0 Å². The molecule has 0 aliphatic carbocycles. The number of aromatic nitrogens is 2. The standard InChI is InChI=1S/C14H14N2O/c1-2-11-4-6-12(7-5-11)10-13(17)14-15-8-3-9-16-14/h3-9H,2,10H2,1H3. The van der Waals surface area contributed by atoms with Crippen molar-refractivity contribution in [1.29, 1.82) is 0 Å². The average Bonchev–Trinajstić information content (AvgIpc) is 2.40. The van der Waals surface area contributed by atoms with Crippen LogP contribution in [0.25, 0.3) is 0 Å². The average molecular weight is 226 g/mol. The summed E-state index contributed by atoms with van der Waals surface area (Å²) >= 11 is 0. The molecule has 0 fully saturated rings. The van der Waals surface area contributed by atoms with Crippen molar-refractivity contribution >= 4 is 5.78 Å². The highest BCUT2D eigenvalue weighted by atomic mass is 16.1. The first-order valence-corrected chi connectivity index (χ1v) is 5.67. The Labute approximate surface area is 101 Å². The molecule has 86 valence electrons. The number of hydrogen-bond donors (Lipinski definition) is 0. The van der Waals surface area contributed by atoms with Gasteiger partial charge in [0.15, 0.2) is 5.82 Å². The fourth-order valence-corrected chi connectivity index (χ4v) is 1.60. The van der Waals surface area contributed by atoms with Crippen molar-refractivity contribution in [2.75, 3.05) is 0 Å². The van der Waals surface area contributed by atoms with E-state index in [2.05, 4.69) is 29.0 Å². The van der Waals surface area contributed by atoms with Gasteiger partial charge in [-0.25, -0.2) is 9.97 Å². The zero-order valence-corrected chi connectivity index (χ0v) is 9.76. The molecule has 0 saturated heterocycles. The van der Waals surface area contributed by atoms with Crippen LogP contribution in [0.1, 0.15) is 28.7 Å². The third-order valence-corrected chi connectivity index (χ3v) is 2.61. The molecule has 0 spiro atoms. The van der Waals surface area contributed by atoms with E-state index in [1.54, 1.807) is 18.5 Å². The summed E-state index contributed by atoms with van der Waals surface area (Å²) in [4.78, 5) is 19.7. The van der Waals surface area contributed by atoms with Gasteiger partial charge in [-0.05, 0) is 23.6 Å². The van der Waals surface area contributed by atoms with E-state index < -0.39 is 0 Å². The maximum atomic E-state index is 11.8. The van der Waals surface area contributed by atoms with Crippen LogP contribution < -0.4 is 0 Å². The van der Waals surface area contributed by atoms with Gasteiger partial charge in [0.2, 0.25) is 5.78 Å². The Morgan fingerprint density at radius 1 is 1.06 bits per heavy atom. The fourth-order valence-electron chi connectivity index (χ4n) is 1.60. The highest BCUT2D eigenvalue weighted by Crippen LogP contribution is 2.07. The molecule has 17 heavy (non-hydrogen) atoms. The first-order valence-electron chi connectivity index (χ1n) is 5.67. The van der Waals surface area contributed by atoms with Gasteiger partial charge in [-0.1, -0.05) is 31.2 Å². The second-order valence-corrected chi connectivity index (χ2v) is 3.84. The van der Waals surface area contributed by atoms with E-state index in [4.69, 9.17) is 0 Å². The summed E-state index contributed by atoms with van der Waals surface area (Å²) in [7, 11) is 0. The SMILES string of the molecule is CCc1ccc(CC(=O)c2ncccn2)cc1. The molecule has 0 bridgehead atoms. The van der Waals surface area contributed by atoms with Crippen molar-refractivity contribution in [1.82, 2.24) is 9.97 Å². The number of nitrogens with zero attached hydrogens (tertiary/aromatic N) is 2. The number of ketones is 1. The van der Waals surface area contributed by atoms with Crippen molar-refractivity contribution in [3.8, 4) is 0 Å². The molecule has 2 rings (SSSR count). The molecule has 3 nitrogen and oxygen atoms in total. The minimum absolute atomic E-state index is 0.0464. The highest BCUT2D eigenvalue weighted by Gasteiger charge is 2.08. The van der Waals surface area contributed by atoms with Crippen molar-refractivity contribution in [2.24, 2.45) is 0 Å². The van der Waals surface area contributed by atoms with Crippen LogP contribution in [0.4, 0.5) is 0 Å². The number of carbonyl (C=O) groups excluding carboxylic acids is 1. The summed E-state index contributed by atoms with van der Waals surface area (Å²) in [6, 6.07) is 9.77. The number of hydrogen-bond acceptors (Lipinski definition) is 3. The molecular weight excluding hydrogens is 212 g/mol. The summed E-state index contributed by atoms with van der Waals surface area (Å²) in [5.74, 6) is 0.238. The molecule has 0 aliphatic rings. The zero-order valence-electron chi connectivity index (χ0n) is 9.76. The summed E-state index contributed by atoms with van der Waals surface area (Å²) < 4.78 is 0. The summed E-state index contributed by atoms with van der Waals surface area (Å²) in [5, 5.41) is 0. The predicted octanol–water partition coefficient (Wildman–Crippen LogP) is 2.46. The molecule has 1 aromatic carbocycles. The van der Waals surface area contributed by atoms with E-state index in [0.29, 0.717) is 6.42 Å². The monoisotopic (exact) mass is 226 g/mol. The Bertz CT molecular complexity index is 491. The van der Waals surface area contributed by atoms with E-state index in [1.165, 1.54) is 5.56 Å². The van der Waals surface area contributed by atoms with E-state index in [-0.39, 0.29) is 11.6 Å². The number of benzene rings is 1. The number of aryl methyl sites for hydroxylation is 1. The Morgan fingerprint density at radius 3 is 2.24 bits per heavy atom. The maximum Gasteiger partial charge on any atom is 0.204 e. The van der Waals surface area contributed by atoms with E-state index in [0.717, 1.165) is 12.0 Å². The van der Waals surface area contributed by atoms with Crippen molar-refractivity contribution < 1.29 is 4.79 Å². The normalized spacial score (nSPS) is 10.2. The highest BCUT2D eigenvalue weighted by molar-refractivity contribution is 5.93. The smallest absolute Gasteiger partial charge is 0.204 e. The molecular formula is C14H14N2O. The van der Waals surface area contributed by atoms with Gasteiger partial charge in [-0.15, -0.1) is 0 Å². The lowest BCUT2D eigenvalue weighted by atomic mass is 10.1. The van der Waals surface area contributed by atoms with E-state index in [9.17, 15) is 4.79 Å². The third-order valence-electron chi connectivity index (χ3n) is 2.61. The number of Topliss-reactive ketones (excluding diaryl/α,β-unsaturated/α-hetero) is 1. The quantitative estimate of drug-likeness (QED) is 0.752. The molecule has 0 saturated carbocycles. The summed E-state index contributed by atoms with van der Waals surface area (Å²) in [6.07, 6.45) is 4.53. The summed E-state index contributed by atoms with van der Waals surface area (Å²) in [6.45, 7) is 2.11. The molecule has 0 amide bonds. The minimum Gasteiger partial charge on any atom is -0.290 e. The van der Waals surface area contributed by atoms with Gasteiger partial charge < -0.3 is 0 Å². The molecule has 0 N–H and O–H groups in total. The molecule has 0 aliphatic heterocycles. The lowest BCUT2D eigenvalue weighted by molar-refractivity contribution is 0.0983. The van der Waals surface area contributed by atoms with Gasteiger partial charge in [0.1, 0.15) is 0 Å². The van der Waals surface area contributed by atoms with Gasteiger partial charge in [-0.3, -0.25) is 4.79 Å². The van der Waals surface area contributed by atoms with Crippen LogP contribution in [-0.4, -0.2) is 15.8 Å². The zero-order chi connectivity index (χ0) is 12.1. The van der Waals surface area contributed by atoms with Crippen LogP contribution in [-0.2, 0) is 12.8 Å². The maximum absolute atomic E-state index is 11.8. The molecule has 0 atom stereocenters. The van der Waals surface area contributed by atoms with Crippen LogP contribution in [0.5, 0.6) is 0 Å². The van der Waals surface area contributed by atoms with Crippen molar-refractivity contribution in [3.05, 3.63) is 59.7 Å². The molecule has 2 aromatic rings. The number of carbonyl (C=O) groups is 1. The Kier molecular flexibility index (Phi) is 3.60. The third kappa shape index (κ3) is 2.97. The lowest BCUT2D eigenvalue weighted by Gasteiger charge is -2.01. The van der Waals surface area contributed by atoms with Crippen LogP contribution in [0.3, 0.4) is 0 Å². The van der Waals surface area contributed by atoms with E-state index in [1.807, 2.05) is 12.1 Å². The van der Waals surface area contributed by atoms with Crippen LogP contribution >= 0.6 is 0 Å².